The molecule has 2 saturated heterocycles. The molecule has 2 heterocycles. The van der Waals surface area contributed by atoms with Crippen LogP contribution in [0, 0.1) is 11.8 Å². The van der Waals surface area contributed by atoms with Gasteiger partial charge in [0, 0.05) is 43.9 Å². The van der Waals surface area contributed by atoms with E-state index in [2.05, 4.69) is 24.5 Å². The molecule has 2 aliphatic rings. The Hall–Kier alpha value is -1.59. The van der Waals surface area contributed by atoms with Crippen LogP contribution in [-0.2, 0) is 14.4 Å². The highest BCUT2D eigenvalue weighted by Gasteiger charge is 2.32. The molecule has 0 aromatic carbocycles. The number of nitrogens with zero attached hydrogens (tertiary/aromatic N) is 1. The van der Waals surface area contributed by atoms with Crippen molar-refractivity contribution in [2.45, 2.75) is 71.4 Å². The van der Waals surface area contributed by atoms with Crippen LogP contribution in [0.3, 0.4) is 0 Å². The van der Waals surface area contributed by atoms with Gasteiger partial charge in [0.1, 0.15) is 0 Å². The predicted molar refractivity (Wildman–Crippen MR) is 92.1 cm³/mol. The zero-order valence-corrected chi connectivity index (χ0v) is 15.1. The van der Waals surface area contributed by atoms with E-state index in [1.165, 1.54) is 0 Å². The second kappa shape index (κ2) is 8.49. The second-order valence-electron chi connectivity index (χ2n) is 7.57. The lowest BCUT2D eigenvalue weighted by atomic mass is 9.89. The SMILES string of the molecule is CC[C@@H]1C[C@H](C(=O)NC2CCN(C(=O)CC(C)C)CC2)CC(=O)N1. The number of rotatable bonds is 5. The van der Waals surface area contributed by atoms with Crippen molar-refractivity contribution in [2.75, 3.05) is 13.1 Å². The fourth-order valence-electron chi connectivity index (χ4n) is 3.54. The summed E-state index contributed by atoms with van der Waals surface area (Å²) in [5.41, 5.74) is 0. The lowest BCUT2D eigenvalue weighted by Crippen LogP contribution is -2.51. The maximum absolute atomic E-state index is 12.5. The van der Waals surface area contributed by atoms with Crippen molar-refractivity contribution >= 4 is 17.7 Å². The molecule has 2 aliphatic heterocycles. The van der Waals surface area contributed by atoms with Crippen LogP contribution < -0.4 is 10.6 Å². The monoisotopic (exact) mass is 337 g/mol. The maximum Gasteiger partial charge on any atom is 0.223 e. The summed E-state index contributed by atoms with van der Waals surface area (Å²) < 4.78 is 0. The molecule has 0 unspecified atom stereocenters. The summed E-state index contributed by atoms with van der Waals surface area (Å²) in [4.78, 5) is 38.2. The third-order valence-corrected chi connectivity index (χ3v) is 5.01. The van der Waals surface area contributed by atoms with Gasteiger partial charge in [-0.05, 0) is 31.6 Å². The van der Waals surface area contributed by atoms with Gasteiger partial charge in [-0.25, -0.2) is 0 Å². The van der Waals surface area contributed by atoms with Crippen LogP contribution in [0.15, 0.2) is 0 Å². The Morgan fingerprint density at radius 2 is 1.96 bits per heavy atom. The van der Waals surface area contributed by atoms with Crippen LogP contribution in [0.2, 0.25) is 0 Å². The Balaban J connectivity index is 1.78. The quantitative estimate of drug-likeness (QED) is 0.797. The van der Waals surface area contributed by atoms with Crippen molar-refractivity contribution in [3.05, 3.63) is 0 Å². The first-order chi connectivity index (χ1) is 11.4. The molecule has 0 aliphatic carbocycles. The highest BCUT2D eigenvalue weighted by Crippen LogP contribution is 2.20. The molecule has 0 radical (unpaired) electrons. The molecule has 0 aromatic rings. The zero-order valence-electron chi connectivity index (χ0n) is 15.1. The van der Waals surface area contributed by atoms with Gasteiger partial charge in [-0.1, -0.05) is 20.8 Å². The molecule has 0 saturated carbocycles. The van der Waals surface area contributed by atoms with Crippen LogP contribution in [0.1, 0.15) is 59.3 Å². The molecular formula is C18H31N3O3. The third kappa shape index (κ3) is 5.21. The summed E-state index contributed by atoms with van der Waals surface area (Å²) in [6.07, 6.45) is 4.05. The maximum atomic E-state index is 12.5. The molecule has 2 atom stereocenters. The van der Waals surface area contributed by atoms with Crippen molar-refractivity contribution in [3.8, 4) is 0 Å². The van der Waals surface area contributed by atoms with Crippen molar-refractivity contribution in [1.29, 1.82) is 0 Å². The minimum Gasteiger partial charge on any atom is -0.353 e. The average Bonchev–Trinajstić information content (AvgIpc) is 2.54. The summed E-state index contributed by atoms with van der Waals surface area (Å²) in [5, 5.41) is 6.02. The van der Waals surface area contributed by atoms with Crippen molar-refractivity contribution < 1.29 is 14.4 Å². The fourth-order valence-corrected chi connectivity index (χ4v) is 3.54. The van der Waals surface area contributed by atoms with Crippen LogP contribution in [0.25, 0.3) is 0 Å². The minimum absolute atomic E-state index is 0.00439. The number of hydrogen-bond acceptors (Lipinski definition) is 3. The first kappa shape index (κ1) is 18.7. The molecule has 6 heteroatoms. The van der Waals surface area contributed by atoms with Gasteiger partial charge in [-0.3, -0.25) is 14.4 Å². The van der Waals surface area contributed by atoms with Crippen LogP contribution >= 0.6 is 0 Å². The van der Waals surface area contributed by atoms with E-state index >= 15 is 0 Å². The van der Waals surface area contributed by atoms with E-state index in [4.69, 9.17) is 0 Å². The van der Waals surface area contributed by atoms with Gasteiger partial charge in [0.2, 0.25) is 17.7 Å². The number of carbonyl (C=O) groups is 3. The Morgan fingerprint density at radius 3 is 2.54 bits per heavy atom. The molecular weight excluding hydrogens is 306 g/mol. The fraction of sp³-hybridized carbons (Fsp3) is 0.833. The van der Waals surface area contributed by atoms with Crippen molar-refractivity contribution in [3.63, 3.8) is 0 Å². The Kier molecular flexibility index (Phi) is 6.63. The van der Waals surface area contributed by atoms with E-state index in [1.54, 1.807) is 0 Å². The van der Waals surface area contributed by atoms with Crippen LogP contribution in [0.4, 0.5) is 0 Å². The lowest BCUT2D eigenvalue weighted by molar-refractivity contribution is -0.135. The van der Waals surface area contributed by atoms with E-state index < -0.39 is 0 Å². The highest BCUT2D eigenvalue weighted by molar-refractivity contribution is 5.87. The Labute approximate surface area is 144 Å². The largest absolute Gasteiger partial charge is 0.353 e. The van der Waals surface area contributed by atoms with Crippen molar-refractivity contribution in [2.24, 2.45) is 11.8 Å². The van der Waals surface area contributed by atoms with Gasteiger partial charge in [0.15, 0.2) is 0 Å². The number of nitrogens with one attached hydrogen (secondary N) is 2. The molecule has 0 spiro atoms. The number of hydrogen-bond donors (Lipinski definition) is 2. The zero-order chi connectivity index (χ0) is 17.7. The summed E-state index contributed by atoms with van der Waals surface area (Å²) >= 11 is 0. The van der Waals surface area contributed by atoms with Crippen LogP contribution in [0.5, 0.6) is 0 Å². The Morgan fingerprint density at radius 1 is 1.29 bits per heavy atom. The number of piperidine rings is 2. The summed E-state index contributed by atoms with van der Waals surface area (Å²) in [5.74, 6) is 0.338. The van der Waals surface area contributed by atoms with Gasteiger partial charge in [0.25, 0.3) is 0 Å². The van der Waals surface area contributed by atoms with E-state index in [-0.39, 0.29) is 42.1 Å². The van der Waals surface area contributed by atoms with E-state index in [0.717, 1.165) is 25.7 Å². The van der Waals surface area contributed by atoms with Gasteiger partial charge in [-0.15, -0.1) is 0 Å². The van der Waals surface area contributed by atoms with Gasteiger partial charge >= 0.3 is 0 Å². The third-order valence-electron chi connectivity index (χ3n) is 5.01. The standard InChI is InChI=1S/C18H31N3O3/c1-4-14-10-13(11-16(22)19-14)18(24)20-15-5-7-21(8-6-15)17(23)9-12(2)3/h12-15H,4-11H2,1-3H3,(H,19,22)(H,20,24)/t13-,14+/m0/s1. The lowest BCUT2D eigenvalue weighted by Gasteiger charge is -2.34. The summed E-state index contributed by atoms with van der Waals surface area (Å²) in [6, 6.07) is 0.225. The highest BCUT2D eigenvalue weighted by atomic mass is 16.2. The molecule has 0 aromatic heterocycles. The molecule has 0 bridgehead atoms. The topological polar surface area (TPSA) is 78.5 Å². The molecule has 24 heavy (non-hydrogen) atoms. The van der Waals surface area contributed by atoms with Crippen LogP contribution in [-0.4, -0.2) is 47.8 Å². The smallest absolute Gasteiger partial charge is 0.223 e. The van der Waals surface area contributed by atoms with E-state index in [1.807, 2.05) is 11.8 Å². The second-order valence-corrected chi connectivity index (χ2v) is 7.57. The first-order valence-corrected chi connectivity index (χ1v) is 9.26. The molecule has 2 fully saturated rings. The molecule has 2 rings (SSSR count). The molecule has 2 N–H and O–H groups in total. The number of likely N-dealkylation sites (tertiary alicyclic amines) is 1. The normalized spacial score (nSPS) is 25.5. The molecule has 6 nitrogen and oxygen atoms in total. The van der Waals surface area contributed by atoms with E-state index in [9.17, 15) is 14.4 Å². The van der Waals surface area contributed by atoms with E-state index in [0.29, 0.717) is 25.4 Å². The average molecular weight is 337 g/mol. The van der Waals surface area contributed by atoms with Gasteiger partial charge in [-0.2, -0.15) is 0 Å². The minimum atomic E-state index is -0.218. The Bertz CT molecular complexity index is 470. The van der Waals surface area contributed by atoms with Gasteiger partial charge in [0.05, 0.1) is 0 Å². The number of amides is 3. The predicted octanol–water partition coefficient (Wildman–Crippen LogP) is 1.44. The van der Waals surface area contributed by atoms with Crippen molar-refractivity contribution in [1.82, 2.24) is 15.5 Å². The molecule has 3 amide bonds. The van der Waals surface area contributed by atoms with Gasteiger partial charge < -0.3 is 15.5 Å². The molecule has 136 valence electrons. The summed E-state index contributed by atoms with van der Waals surface area (Å²) in [6.45, 7) is 7.54. The number of carbonyl (C=O) groups excluding carboxylic acids is 3. The first-order valence-electron chi connectivity index (χ1n) is 9.26. The summed E-state index contributed by atoms with van der Waals surface area (Å²) in [7, 11) is 0.